The van der Waals surface area contributed by atoms with E-state index in [0.29, 0.717) is 16.7 Å². The van der Waals surface area contributed by atoms with Gasteiger partial charge in [-0.3, -0.25) is 15.6 Å². The van der Waals surface area contributed by atoms with Crippen LogP contribution in [0.15, 0.2) is 53.3 Å². The molecule has 86 valence electrons. The minimum absolute atomic E-state index is 0.107. The second-order valence-corrected chi connectivity index (χ2v) is 3.67. The third-order valence-electron chi connectivity index (χ3n) is 2.04. The summed E-state index contributed by atoms with van der Waals surface area (Å²) in [6.45, 7) is 0. The van der Waals surface area contributed by atoms with E-state index in [1.54, 1.807) is 42.5 Å². The number of aromatic nitrogens is 1. The van der Waals surface area contributed by atoms with E-state index in [9.17, 15) is 4.79 Å². The Bertz CT molecular complexity index is 574. The van der Waals surface area contributed by atoms with Crippen molar-refractivity contribution in [2.24, 2.45) is 0 Å². The molecular formula is C12H10ClN3O. The van der Waals surface area contributed by atoms with Crippen molar-refractivity contribution in [1.29, 1.82) is 0 Å². The Morgan fingerprint density at radius 2 is 1.76 bits per heavy atom. The van der Waals surface area contributed by atoms with Crippen LogP contribution in [-0.2, 0) is 0 Å². The van der Waals surface area contributed by atoms with Crippen LogP contribution >= 0.6 is 11.6 Å². The number of anilines is 2. The van der Waals surface area contributed by atoms with Crippen LogP contribution in [0.2, 0.25) is 5.15 Å². The summed E-state index contributed by atoms with van der Waals surface area (Å²) in [5.41, 5.74) is 5.94. The molecule has 0 saturated heterocycles. The fraction of sp³-hybridized carbons (Fsp3) is 0. The van der Waals surface area contributed by atoms with E-state index in [2.05, 4.69) is 15.8 Å². The molecule has 2 rings (SSSR count). The first-order valence-electron chi connectivity index (χ1n) is 5.00. The SMILES string of the molecule is O=c1cccccc1NNc1cccc(Cl)n1. The predicted octanol–water partition coefficient (Wildman–Crippen LogP) is 2.53. The number of rotatable bonds is 3. The van der Waals surface area contributed by atoms with Crippen molar-refractivity contribution in [1.82, 2.24) is 4.98 Å². The molecule has 0 spiro atoms. The fourth-order valence-corrected chi connectivity index (χ4v) is 1.41. The van der Waals surface area contributed by atoms with E-state index in [1.807, 2.05) is 0 Å². The van der Waals surface area contributed by atoms with Crippen LogP contribution in [-0.4, -0.2) is 4.98 Å². The van der Waals surface area contributed by atoms with Gasteiger partial charge in [0, 0.05) is 0 Å². The van der Waals surface area contributed by atoms with Crippen LogP contribution in [0, 0.1) is 0 Å². The molecule has 1 aromatic heterocycles. The average Bonchev–Trinajstić information content (AvgIpc) is 2.52. The molecule has 2 N–H and O–H groups in total. The van der Waals surface area contributed by atoms with Gasteiger partial charge in [0.15, 0.2) is 0 Å². The number of nitrogens with zero attached hydrogens (tertiary/aromatic N) is 1. The Morgan fingerprint density at radius 1 is 0.941 bits per heavy atom. The van der Waals surface area contributed by atoms with E-state index < -0.39 is 0 Å². The normalized spacial score (nSPS) is 9.71. The van der Waals surface area contributed by atoms with Crippen molar-refractivity contribution >= 4 is 23.1 Å². The van der Waals surface area contributed by atoms with E-state index in [0.717, 1.165) is 0 Å². The van der Waals surface area contributed by atoms with Crippen molar-refractivity contribution in [3.05, 3.63) is 63.9 Å². The molecule has 0 fully saturated rings. The van der Waals surface area contributed by atoms with Crippen molar-refractivity contribution in [3.8, 4) is 0 Å². The largest absolute Gasteiger partial charge is 0.296 e. The number of pyridine rings is 1. The maximum atomic E-state index is 11.6. The third kappa shape index (κ3) is 3.19. The summed E-state index contributed by atoms with van der Waals surface area (Å²) in [5, 5.41) is 0.387. The van der Waals surface area contributed by atoms with Crippen LogP contribution in [0.1, 0.15) is 0 Å². The molecule has 17 heavy (non-hydrogen) atoms. The quantitative estimate of drug-likeness (QED) is 0.647. The van der Waals surface area contributed by atoms with Gasteiger partial charge in [0.1, 0.15) is 16.7 Å². The molecule has 1 heterocycles. The van der Waals surface area contributed by atoms with Gasteiger partial charge >= 0.3 is 0 Å². The maximum absolute atomic E-state index is 11.6. The third-order valence-corrected chi connectivity index (χ3v) is 2.25. The predicted molar refractivity (Wildman–Crippen MR) is 69.2 cm³/mol. The van der Waals surface area contributed by atoms with E-state index in [4.69, 9.17) is 11.6 Å². The van der Waals surface area contributed by atoms with Crippen LogP contribution in [0.5, 0.6) is 0 Å². The van der Waals surface area contributed by atoms with Crippen molar-refractivity contribution in [3.63, 3.8) is 0 Å². The zero-order chi connectivity index (χ0) is 12.1. The second-order valence-electron chi connectivity index (χ2n) is 3.28. The van der Waals surface area contributed by atoms with Crippen molar-refractivity contribution in [2.45, 2.75) is 0 Å². The van der Waals surface area contributed by atoms with Crippen molar-refractivity contribution < 1.29 is 0 Å². The smallest absolute Gasteiger partial charge is 0.203 e. The van der Waals surface area contributed by atoms with Gasteiger partial charge in [-0.2, -0.15) is 0 Å². The van der Waals surface area contributed by atoms with E-state index >= 15 is 0 Å². The highest BCUT2D eigenvalue weighted by molar-refractivity contribution is 6.29. The first-order chi connectivity index (χ1) is 8.25. The Morgan fingerprint density at radius 3 is 2.59 bits per heavy atom. The number of halogens is 1. The molecule has 4 nitrogen and oxygen atoms in total. The number of hydrogen-bond acceptors (Lipinski definition) is 4. The van der Waals surface area contributed by atoms with E-state index in [1.165, 1.54) is 6.07 Å². The molecule has 0 aliphatic heterocycles. The van der Waals surface area contributed by atoms with Crippen molar-refractivity contribution in [2.75, 3.05) is 10.9 Å². The van der Waals surface area contributed by atoms with Gasteiger partial charge in [0.05, 0.1) is 0 Å². The van der Waals surface area contributed by atoms with Gasteiger partial charge in [-0.1, -0.05) is 35.9 Å². The molecule has 0 unspecified atom stereocenters. The fourth-order valence-electron chi connectivity index (χ4n) is 1.24. The minimum atomic E-state index is -0.107. The lowest BCUT2D eigenvalue weighted by Gasteiger charge is -2.06. The average molecular weight is 248 g/mol. The minimum Gasteiger partial charge on any atom is -0.296 e. The molecule has 5 heteroatoms. The Kier molecular flexibility index (Phi) is 3.57. The molecule has 0 radical (unpaired) electrons. The summed E-state index contributed by atoms with van der Waals surface area (Å²) < 4.78 is 0. The Labute approximate surface area is 103 Å². The number of hydrazine groups is 1. The summed E-state index contributed by atoms with van der Waals surface area (Å²) in [4.78, 5) is 15.6. The molecule has 0 aliphatic rings. The summed E-state index contributed by atoms with van der Waals surface area (Å²) in [6, 6.07) is 13.6. The first kappa shape index (κ1) is 11.4. The molecule has 1 aromatic carbocycles. The van der Waals surface area contributed by atoms with Gasteiger partial charge in [-0.25, -0.2) is 4.98 Å². The number of hydrogen-bond donors (Lipinski definition) is 2. The van der Waals surface area contributed by atoms with Gasteiger partial charge in [-0.15, -0.1) is 0 Å². The van der Waals surface area contributed by atoms with Crippen LogP contribution in [0.4, 0.5) is 11.5 Å². The lowest BCUT2D eigenvalue weighted by atomic mass is 10.4. The Balaban J connectivity index is 2.13. The topological polar surface area (TPSA) is 54.0 Å². The molecule has 0 amide bonds. The summed E-state index contributed by atoms with van der Waals surface area (Å²) in [5.74, 6) is 0.545. The molecule has 0 aliphatic carbocycles. The first-order valence-corrected chi connectivity index (χ1v) is 5.37. The summed E-state index contributed by atoms with van der Waals surface area (Å²) >= 11 is 5.74. The maximum Gasteiger partial charge on any atom is 0.203 e. The summed E-state index contributed by atoms with van der Waals surface area (Å²) in [6.07, 6.45) is 0. The molecule has 0 atom stereocenters. The van der Waals surface area contributed by atoms with E-state index in [-0.39, 0.29) is 5.43 Å². The van der Waals surface area contributed by atoms with Crippen LogP contribution in [0.3, 0.4) is 0 Å². The van der Waals surface area contributed by atoms with Crippen LogP contribution < -0.4 is 16.3 Å². The second kappa shape index (κ2) is 5.32. The van der Waals surface area contributed by atoms with Gasteiger partial charge in [0.2, 0.25) is 5.43 Å². The number of nitrogens with one attached hydrogen (secondary N) is 2. The molecule has 0 bridgehead atoms. The molecule has 2 aromatic rings. The van der Waals surface area contributed by atoms with Gasteiger partial charge in [-0.05, 0) is 24.3 Å². The highest BCUT2D eigenvalue weighted by Gasteiger charge is 1.97. The molecule has 0 saturated carbocycles. The zero-order valence-corrected chi connectivity index (χ0v) is 9.61. The monoisotopic (exact) mass is 247 g/mol. The highest BCUT2D eigenvalue weighted by Crippen LogP contribution is 2.09. The van der Waals surface area contributed by atoms with Gasteiger partial charge in [0.25, 0.3) is 0 Å². The Hall–Kier alpha value is -2.07. The standard InChI is InChI=1S/C12H10ClN3O/c13-11-7-4-8-12(14-11)16-15-9-5-2-1-3-6-10(9)17/h1-8H,(H,14,16)(H,15,17). The highest BCUT2D eigenvalue weighted by atomic mass is 35.5. The molecular weight excluding hydrogens is 238 g/mol. The summed E-state index contributed by atoms with van der Waals surface area (Å²) in [7, 11) is 0. The zero-order valence-electron chi connectivity index (χ0n) is 8.85. The van der Waals surface area contributed by atoms with Crippen LogP contribution in [0.25, 0.3) is 0 Å². The van der Waals surface area contributed by atoms with Gasteiger partial charge < -0.3 is 0 Å². The lowest BCUT2D eigenvalue weighted by Crippen LogP contribution is -2.15. The lowest BCUT2D eigenvalue weighted by molar-refractivity contribution is 1.26.